The van der Waals surface area contributed by atoms with Crippen LogP contribution < -0.4 is 5.32 Å². The predicted molar refractivity (Wildman–Crippen MR) is 94.0 cm³/mol. The first-order valence-electron chi connectivity index (χ1n) is 8.21. The van der Waals surface area contributed by atoms with Crippen molar-refractivity contribution in [1.82, 2.24) is 15.3 Å². The molecular weight excluding hydrogens is 298 g/mol. The first-order valence-corrected chi connectivity index (χ1v) is 8.21. The van der Waals surface area contributed by atoms with Crippen molar-refractivity contribution in [2.75, 3.05) is 6.54 Å². The molecule has 0 aliphatic carbocycles. The van der Waals surface area contributed by atoms with Crippen molar-refractivity contribution in [3.8, 4) is 11.3 Å². The van der Waals surface area contributed by atoms with E-state index in [1.54, 1.807) is 6.20 Å². The Balaban J connectivity index is 1.90. The average Bonchev–Trinajstić information content (AvgIpc) is 2.96. The van der Waals surface area contributed by atoms with Gasteiger partial charge in [0.25, 0.3) is 5.91 Å². The summed E-state index contributed by atoms with van der Waals surface area (Å²) >= 11 is 0. The molecule has 1 aromatic carbocycles. The molecule has 0 radical (unpaired) electrons. The van der Waals surface area contributed by atoms with E-state index in [4.69, 9.17) is 0 Å². The minimum atomic E-state index is 0.0244. The quantitative estimate of drug-likeness (QED) is 0.779. The third-order valence-electron chi connectivity index (χ3n) is 4.58. The number of hydrogen-bond donors (Lipinski definition) is 2. The van der Waals surface area contributed by atoms with E-state index in [9.17, 15) is 4.79 Å². The zero-order chi connectivity index (χ0) is 16.5. The van der Waals surface area contributed by atoms with E-state index < -0.39 is 0 Å². The first kappa shape index (κ1) is 14.7. The molecule has 0 atom stereocenters. The molecule has 3 aromatic rings. The molecule has 0 bridgehead atoms. The van der Waals surface area contributed by atoms with Crippen molar-refractivity contribution in [2.24, 2.45) is 0 Å². The second-order valence-corrected chi connectivity index (χ2v) is 6.19. The number of carbonyl (C=O) groups is 1. The lowest BCUT2D eigenvalue weighted by molar-refractivity contribution is 0.0945. The van der Waals surface area contributed by atoms with Crippen molar-refractivity contribution in [3.63, 3.8) is 0 Å². The maximum Gasteiger partial charge on any atom is 0.253 e. The second kappa shape index (κ2) is 5.96. The van der Waals surface area contributed by atoms with Gasteiger partial charge >= 0.3 is 0 Å². The molecule has 3 heterocycles. The van der Waals surface area contributed by atoms with Gasteiger partial charge in [-0.2, -0.15) is 0 Å². The van der Waals surface area contributed by atoms with E-state index >= 15 is 0 Å². The Bertz CT molecular complexity index is 897. The number of nitrogens with one attached hydrogen (secondary N) is 2. The Morgan fingerprint density at radius 2 is 2.00 bits per heavy atom. The Kier molecular flexibility index (Phi) is 3.65. The summed E-state index contributed by atoms with van der Waals surface area (Å²) in [7, 11) is 0. The fourth-order valence-corrected chi connectivity index (χ4v) is 3.41. The van der Waals surface area contributed by atoms with Crippen molar-refractivity contribution in [3.05, 3.63) is 76.7 Å². The summed E-state index contributed by atoms with van der Waals surface area (Å²) in [6, 6.07) is 12.3. The minimum Gasteiger partial charge on any atom is -0.357 e. The van der Waals surface area contributed by atoms with E-state index in [0.29, 0.717) is 6.54 Å². The van der Waals surface area contributed by atoms with Crippen LogP contribution in [0.1, 0.15) is 32.7 Å². The highest BCUT2D eigenvalue weighted by molar-refractivity contribution is 6.00. The van der Waals surface area contributed by atoms with Crippen molar-refractivity contribution < 1.29 is 4.79 Å². The van der Waals surface area contributed by atoms with Gasteiger partial charge in [-0.05, 0) is 29.7 Å². The maximum atomic E-state index is 12.5. The standard InChI is InChI=1S/C20H19N3O/c1-13-12-21-9-7-15(13)19-16(11-14-5-3-2-4-6-14)18-17(23-19)8-10-22-20(18)24/h2-7,9,12,23H,8,10-11H2,1H3,(H,22,24). The molecule has 120 valence electrons. The maximum absolute atomic E-state index is 12.5. The van der Waals surface area contributed by atoms with Gasteiger partial charge < -0.3 is 10.3 Å². The monoisotopic (exact) mass is 317 g/mol. The summed E-state index contributed by atoms with van der Waals surface area (Å²) in [4.78, 5) is 20.2. The number of aromatic amines is 1. The van der Waals surface area contributed by atoms with E-state index in [2.05, 4.69) is 34.3 Å². The molecule has 1 aliphatic rings. The van der Waals surface area contributed by atoms with Gasteiger partial charge in [0, 0.05) is 43.0 Å². The highest BCUT2D eigenvalue weighted by Crippen LogP contribution is 2.33. The van der Waals surface area contributed by atoms with Crippen LogP contribution in [-0.4, -0.2) is 22.4 Å². The fraction of sp³-hybridized carbons (Fsp3) is 0.200. The van der Waals surface area contributed by atoms with Gasteiger partial charge in [-0.3, -0.25) is 9.78 Å². The zero-order valence-electron chi connectivity index (χ0n) is 13.6. The summed E-state index contributed by atoms with van der Waals surface area (Å²) in [5, 5.41) is 2.97. The normalized spacial score (nSPS) is 13.5. The Labute approximate surface area is 141 Å². The van der Waals surface area contributed by atoms with Crippen molar-refractivity contribution >= 4 is 5.91 Å². The number of benzene rings is 1. The molecule has 24 heavy (non-hydrogen) atoms. The Morgan fingerprint density at radius 3 is 2.79 bits per heavy atom. The second-order valence-electron chi connectivity index (χ2n) is 6.19. The summed E-state index contributed by atoms with van der Waals surface area (Å²) in [5.74, 6) is 0.0244. The molecule has 0 spiro atoms. The molecule has 1 aliphatic heterocycles. The third-order valence-corrected chi connectivity index (χ3v) is 4.58. The lowest BCUT2D eigenvalue weighted by Crippen LogP contribution is -2.32. The summed E-state index contributed by atoms with van der Waals surface area (Å²) in [6.07, 6.45) is 5.24. The van der Waals surface area contributed by atoms with Crippen LogP contribution in [0.4, 0.5) is 0 Å². The molecule has 0 saturated heterocycles. The molecular formula is C20H19N3O. The van der Waals surface area contributed by atoms with Crippen LogP contribution in [0.25, 0.3) is 11.3 Å². The van der Waals surface area contributed by atoms with Crippen LogP contribution in [0.3, 0.4) is 0 Å². The number of aryl methyl sites for hydroxylation is 1. The van der Waals surface area contributed by atoms with E-state index in [0.717, 1.165) is 46.5 Å². The van der Waals surface area contributed by atoms with Crippen LogP contribution >= 0.6 is 0 Å². The van der Waals surface area contributed by atoms with Crippen LogP contribution in [-0.2, 0) is 12.8 Å². The van der Waals surface area contributed by atoms with E-state index in [1.165, 1.54) is 5.56 Å². The van der Waals surface area contributed by atoms with E-state index in [1.807, 2.05) is 30.5 Å². The van der Waals surface area contributed by atoms with Gasteiger partial charge in [0.05, 0.1) is 11.3 Å². The number of pyridine rings is 1. The van der Waals surface area contributed by atoms with Crippen LogP contribution in [0.2, 0.25) is 0 Å². The molecule has 0 unspecified atom stereocenters. The van der Waals surface area contributed by atoms with Gasteiger partial charge in [0.2, 0.25) is 0 Å². The number of H-pyrrole nitrogens is 1. The SMILES string of the molecule is Cc1cnccc1-c1[nH]c2c(c1Cc1ccccc1)C(=O)NCC2. The first-order chi connectivity index (χ1) is 11.7. The summed E-state index contributed by atoms with van der Waals surface area (Å²) in [5.41, 5.74) is 7.38. The highest BCUT2D eigenvalue weighted by Gasteiger charge is 2.26. The predicted octanol–water partition coefficient (Wildman–Crippen LogP) is 3.26. The zero-order valence-corrected chi connectivity index (χ0v) is 13.6. The topological polar surface area (TPSA) is 57.8 Å². The number of nitrogens with zero attached hydrogens (tertiary/aromatic N) is 1. The van der Waals surface area contributed by atoms with Gasteiger partial charge in [-0.1, -0.05) is 30.3 Å². The summed E-state index contributed by atoms with van der Waals surface area (Å²) in [6.45, 7) is 2.74. The van der Waals surface area contributed by atoms with Gasteiger partial charge in [-0.25, -0.2) is 0 Å². The van der Waals surface area contributed by atoms with Crippen LogP contribution in [0, 0.1) is 6.92 Å². The van der Waals surface area contributed by atoms with Gasteiger partial charge in [0.1, 0.15) is 0 Å². The third kappa shape index (κ3) is 2.50. The smallest absolute Gasteiger partial charge is 0.253 e. The molecule has 0 saturated carbocycles. The fourth-order valence-electron chi connectivity index (χ4n) is 3.41. The number of hydrogen-bond acceptors (Lipinski definition) is 2. The van der Waals surface area contributed by atoms with Crippen LogP contribution in [0.5, 0.6) is 0 Å². The van der Waals surface area contributed by atoms with E-state index in [-0.39, 0.29) is 5.91 Å². The van der Waals surface area contributed by atoms with Crippen molar-refractivity contribution in [1.29, 1.82) is 0 Å². The molecule has 4 heteroatoms. The molecule has 4 rings (SSSR count). The largest absolute Gasteiger partial charge is 0.357 e. The summed E-state index contributed by atoms with van der Waals surface area (Å²) < 4.78 is 0. The van der Waals surface area contributed by atoms with Crippen molar-refractivity contribution in [2.45, 2.75) is 19.8 Å². The lowest BCUT2D eigenvalue weighted by Gasteiger charge is -2.14. The number of amides is 1. The lowest BCUT2D eigenvalue weighted by atomic mass is 9.94. The van der Waals surface area contributed by atoms with Gasteiger partial charge in [-0.15, -0.1) is 0 Å². The average molecular weight is 317 g/mol. The molecule has 2 aromatic heterocycles. The number of aromatic nitrogens is 2. The molecule has 0 fully saturated rings. The number of fused-ring (bicyclic) bond motifs is 1. The Hall–Kier alpha value is -2.88. The number of carbonyl (C=O) groups excluding carboxylic acids is 1. The van der Waals surface area contributed by atoms with Crippen LogP contribution in [0.15, 0.2) is 48.8 Å². The molecule has 4 nitrogen and oxygen atoms in total. The molecule has 2 N–H and O–H groups in total. The highest BCUT2D eigenvalue weighted by atomic mass is 16.1. The minimum absolute atomic E-state index is 0.0244. The number of rotatable bonds is 3. The Morgan fingerprint density at radius 1 is 1.17 bits per heavy atom. The molecule has 1 amide bonds. The van der Waals surface area contributed by atoms with Gasteiger partial charge in [0.15, 0.2) is 0 Å².